The van der Waals surface area contributed by atoms with Gasteiger partial charge in [-0.2, -0.15) is 4.31 Å². The molecule has 170 valence electrons. The standard InChI is InChI=1S/C21H29N3O6S/c1-2-3-5-18-20(25)22-16-14-15(7-8-17(16)30-18)31(27,28)24-11-9-23(10-12-24)21(26)19-6-4-13-29-19/h7-8,14,18-19H,2-6,9-13H2,1H3,(H,22,25)/t18-,19+/m1/s1. The number of hydrogen-bond acceptors (Lipinski definition) is 6. The maximum absolute atomic E-state index is 13.1. The zero-order valence-corrected chi connectivity index (χ0v) is 18.5. The molecule has 31 heavy (non-hydrogen) atoms. The summed E-state index contributed by atoms with van der Waals surface area (Å²) in [5.41, 5.74) is 0.367. The molecule has 2 amide bonds. The van der Waals surface area contributed by atoms with Crippen LogP contribution in [0.3, 0.4) is 0 Å². The lowest BCUT2D eigenvalue weighted by molar-refractivity contribution is -0.142. The molecule has 0 saturated carbocycles. The number of unbranched alkanes of at least 4 members (excludes halogenated alkanes) is 1. The fraction of sp³-hybridized carbons (Fsp3) is 0.619. The molecule has 0 spiro atoms. The Morgan fingerprint density at radius 2 is 2.00 bits per heavy atom. The molecule has 0 unspecified atom stereocenters. The minimum atomic E-state index is -3.75. The summed E-state index contributed by atoms with van der Waals surface area (Å²) in [6, 6.07) is 4.55. The number of piperazine rings is 1. The number of carbonyl (C=O) groups excluding carboxylic acids is 2. The zero-order chi connectivity index (χ0) is 22.0. The van der Waals surface area contributed by atoms with Crippen LogP contribution in [0, 0.1) is 0 Å². The van der Waals surface area contributed by atoms with Crippen molar-refractivity contribution in [3.63, 3.8) is 0 Å². The number of hydrogen-bond donors (Lipinski definition) is 1. The lowest BCUT2D eigenvalue weighted by atomic mass is 10.1. The van der Waals surface area contributed by atoms with Crippen LogP contribution in [0.15, 0.2) is 23.1 Å². The summed E-state index contributed by atoms with van der Waals surface area (Å²) in [5.74, 6) is 0.171. The zero-order valence-electron chi connectivity index (χ0n) is 17.7. The minimum Gasteiger partial charge on any atom is -0.478 e. The first kappa shape index (κ1) is 22.0. The van der Waals surface area contributed by atoms with E-state index >= 15 is 0 Å². The molecule has 9 nitrogen and oxygen atoms in total. The Labute approximate surface area is 182 Å². The van der Waals surface area contributed by atoms with E-state index in [9.17, 15) is 18.0 Å². The lowest BCUT2D eigenvalue weighted by Gasteiger charge is -2.35. The first-order chi connectivity index (χ1) is 14.9. The number of rotatable bonds is 6. The predicted molar refractivity (Wildman–Crippen MR) is 113 cm³/mol. The number of sulfonamides is 1. The molecule has 0 aliphatic carbocycles. The third-order valence-electron chi connectivity index (χ3n) is 5.98. The van der Waals surface area contributed by atoms with E-state index in [0.29, 0.717) is 37.6 Å². The van der Waals surface area contributed by atoms with E-state index in [1.54, 1.807) is 11.0 Å². The van der Waals surface area contributed by atoms with Gasteiger partial charge < -0.3 is 19.7 Å². The molecule has 2 saturated heterocycles. The van der Waals surface area contributed by atoms with Gasteiger partial charge in [0, 0.05) is 32.8 Å². The Morgan fingerprint density at radius 1 is 1.23 bits per heavy atom. The van der Waals surface area contributed by atoms with Gasteiger partial charge in [0.15, 0.2) is 6.10 Å². The molecule has 0 bridgehead atoms. The van der Waals surface area contributed by atoms with Crippen molar-refractivity contribution in [1.29, 1.82) is 0 Å². The van der Waals surface area contributed by atoms with Gasteiger partial charge in [-0.1, -0.05) is 13.3 Å². The second-order valence-corrected chi connectivity index (χ2v) is 10.1. The fourth-order valence-corrected chi connectivity index (χ4v) is 5.59. The van der Waals surface area contributed by atoms with Crippen molar-refractivity contribution >= 4 is 27.5 Å². The first-order valence-corrected chi connectivity index (χ1v) is 12.4. The van der Waals surface area contributed by atoms with Crippen molar-refractivity contribution in [2.75, 3.05) is 38.1 Å². The number of fused-ring (bicyclic) bond motifs is 1. The average Bonchev–Trinajstić information content (AvgIpc) is 3.32. The monoisotopic (exact) mass is 451 g/mol. The van der Waals surface area contributed by atoms with Gasteiger partial charge in [0.05, 0.1) is 10.6 Å². The van der Waals surface area contributed by atoms with Crippen LogP contribution in [0.4, 0.5) is 5.69 Å². The van der Waals surface area contributed by atoms with Crippen molar-refractivity contribution in [3.8, 4) is 5.75 Å². The summed E-state index contributed by atoms with van der Waals surface area (Å²) < 4.78 is 38.9. The number of anilines is 1. The Hall–Kier alpha value is -2.17. The van der Waals surface area contributed by atoms with E-state index in [1.807, 2.05) is 6.92 Å². The van der Waals surface area contributed by atoms with E-state index < -0.39 is 22.2 Å². The first-order valence-electron chi connectivity index (χ1n) is 10.9. The highest BCUT2D eigenvalue weighted by Gasteiger charge is 2.35. The van der Waals surface area contributed by atoms with Crippen LogP contribution >= 0.6 is 0 Å². The number of carbonyl (C=O) groups is 2. The molecule has 0 aromatic heterocycles. The molecule has 3 heterocycles. The summed E-state index contributed by atoms with van der Waals surface area (Å²) >= 11 is 0. The van der Waals surface area contributed by atoms with Crippen LogP contribution in [0.5, 0.6) is 5.75 Å². The molecule has 0 radical (unpaired) electrons. The van der Waals surface area contributed by atoms with E-state index in [-0.39, 0.29) is 29.8 Å². The number of nitrogens with zero attached hydrogens (tertiary/aromatic N) is 2. The van der Waals surface area contributed by atoms with Gasteiger partial charge in [0.25, 0.3) is 11.8 Å². The maximum atomic E-state index is 13.1. The van der Waals surface area contributed by atoms with E-state index in [4.69, 9.17) is 9.47 Å². The average molecular weight is 452 g/mol. The highest BCUT2D eigenvalue weighted by Crippen LogP contribution is 2.34. The number of nitrogens with one attached hydrogen (secondary N) is 1. The third kappa shape index (κ3) is 4.56. The summed E-state index contributed by atoms with van der Waals surface area (Å²) in [6.07, 6.45) is 3.11. The molecule has 1 N–H and O–H groups in total. The molecule has 10 heteroatoms. The van der Waals surface area contributed by atoms with Crippen LogP contribution in [0.1, 0.15) is 39.0 Å². The molecule has 1 aromatic carbocycles. The quantitative estimate of drug-likeness (QED) is 0.704. The second kappa shape index (κ2) is 9.13. The lowest BCUT2D eigenvalue weighted by Crippen LogP contribution is -2.52. The van der Waals surface area contributed by atoms with Crippen LogP contribution in [-0.4, -0.2) is 74.4 Å². The van der Waals surface area contributed by atoms with Gasteiger partial charge in [-0.15, -0.1) is 0 Å². The van der Waals surface area contributed by atoms with Crippen molar-refractivity contribution < 1.29 is 27.5 Å². The van der Waals surface area contributed by atoms with E-state index in [1.165, 1.54) is 16.4 Å². The molecule has 1 aromatic rings. The Bertz CT molecular complexity index is 936. The van der Waals surface area contributed by atoms with Gasteiger partial charge in [-0.25, -0.2) is 8.42 Å². The van der Waals surface area contributed by atoms with Crippen molar-refractivity contribution in [1.82, 2.24) is 9.21 Å². The topological polar surface area (TPSA) is 105 Å². The molecule has 4 rings (SSSR count). The van der Waals surface area contributed by atoms with Crippen LogP contribution in [-0.2, 0) is 24.3 Å². The molecular weight excluding hydrogens is 422 g/mol. The minimum absolute atomic E-state index is 0.0548. The summed E-state index contributed by atoms with van der Waals surface area (Å²) in [6.45, 7) is 3.76. The smallest absolute Gasteiger partial charge is 0.265 e. The normalized spacial score (nSPS) is 24.4. The summed E-state index contributed by atoms with van der Waals surface area (Å²) in [5, 5.41) is 2.77. The van der Waals surface area contributed by atoms with E-state index in [0.717, 1.165) is 25.7 Å². The Morgan fingerprint density at radius 3 is 2.68 bits per heavy atom. The van der Waals surface area contributed by atoms with Gasteiger partial charge in [-0.3, -0.25) is 9.59 Å². The Kier molecular flexibility index (Phi) is 6.49. The van der Waals surface area contributed by atoms with Crippen LogP contribution < -0.4 is 10.1 Å². The number of benzene rings is 1. The summed E-state index contributed by atoms with van der Waals surface area (Å²) in [7, 11) is -3.75. The highest BCUT2D eigenvalue weighted by atomic mass is 32.2. The fourth-order valence-electron chi connectivity index (χ4n) is 4.14. The van der Waals surface area contributed by atoms with Gasteiger partial charge in [-0.05, 0) is 43.9 Å². The third-order valence-corrected chi connectivity index (χ3v) is 7.88. The number of ether oxygens (including phenoxy) is 2. The largest absolute Gasteiger partial charge is 0.478 e. The second-order valence-electron chi connectivity index (χ2n) is 8.13. The molecular formula is C21H29N3O6S. The molecule has 3 aliphatic rings. The summed E-state index contributed by atoms with van der Waals surface area (Å²) in [4.78, 5) is 26.6. The van der Waals surface area contributed by atoms with Crippen molar-refractivity contribution in [2.45, 2.75) is 56.1 Å². The van der Waals surface area contributed by atoms with Gasteiger partial charge >= 0.3 is 0 Å². The van der Waals surface area contributed by atoms with Gasteiger partial charge in [0.2, 0.25) is 10.0 Å². The highest BCUT2D eigenvalue weighted by molar-refractivity contribution is 7.89. The van der Waals surface area contributed by atoms with Crippen LogP contribution in [0.2, 0.25) is 0 Å². The maximum Gasteiger partial charge on any atom is 0.265 e. The predicted octanol–water partition coefficient (Wildman–Crippen LogP) is 1.59. The van der Waals surface area contributed by atoms with Crippen LogP contribution in [0.25, 0.3) is 0 Å². The SMILES string of the molecule is CCCC[C@H]1Oc2ccc(S(=O)(=O)N3CCN(C(=O)[C@@H]4CCCO4)CC3)cc2NC1=O. The molecule has 2 fully saturated rings. The van der Waals surface area contributed by atoms with E-state index in [2.05, 4.69) is 5.32 Å². The van der Waals surface area contributed by atoms with Crippen molar-refractivity contribution in [3.05, 3.63) is 18.2 Å². The van der Waals surface area contributed by atoms with Gasteiger partial charge in [0.1, 0.15) is 11.9 Å². The van der Waals surface area contributed by atoms with Crippen molar-refractivity contribution in [2.24, 2.45) is 0 Å². The number of amides is 2. The molecule has 3 aliphatic heterocycles. The molecule has 2 atom stereocenters. The Balaban J connectivity index is 1.42.